The molecule has 3 heterocycles. The summed E-state index contributed by atoms with van der Waals surface area (Å²) < 4.78 is 26.4. The van der Waals surface area contributed by atoms with Gasteiger partial charge >= 0.3 is 6.03 Å². The molecule has 1 aromatic carbocycles. The molecule has 4 rings (SSSR count). The van der Waals surface area contributed by atoms with Crippen LogP contribution in [-0.4, -0.2) is 60.5 Å². The first-order chi connectivity index (χ1) is 15.5. The number of halogens is 1. The highest BCUT2D eigenvalue weighted by Gasteiger charge is 2.26. The Morgan fingerprint density at radius 3 is 2.75 bits per heavy atom. The van der Waals surface area contributed by atoms with Gasteiger partial charge in [-0.05, 0) is 56.5 Å². The van der Waals surface area contributed by atoms with Crippen LogP contribution in [-0.2, 0) is 16.0 Å². The fraction of sp³-hybridized carbons (Fsp3) is 0.500. The standard InChI is InChI=1S/C24H31FN4O3/c1-17-13-28(14-18(2)32-17)23-8-7-20(11-22(23)25)27-24(30)29(16-21-6-4-10-31-21)15-19-5-3-9-26-12-19/h3,5,7-9,11-12,17-18,21H,4,6,10,13-16H2,1-2H3,(H,27,30)/t17-,18-,21-/m1/s1. The summed E-state index contributed by atoms with van der Waals surface area (Å²) in [4.78, 5) is 20.9. The second-order valence-electron chi connectivity index (χ2n) is 8.64. The summed E-state index contributed by atoms with van der Waals surface area (Å²) in [6, 6.07) is 8.34. The number of carbonyl (C=O) groups excluding carboxylic acids is 1. The monoisotopic (exact) mass is 442 g/mol. The molecule has 172 valence electrons. The number of rotatable bonds is 6. The summed E-state index contributed by atoms with van der Waals surface area (Å²) in [7, 11) is 0. The van der Waals surface area contributed by atoms with Crippen molar-refractivity contribution >= 4 is 17.4 Å². The fourth-order valence-electron chi connectivity index (χ4n) is 4.38. The van der Waals surface area contributed by atoms with Crippen molar-refractivity contribution in [2.75, 3.05) is 36.5 Å². The van der Waals surface area contributed by atoms with Crippen molar-refractivity contribution in [1.82, 2.24) is 9.88 Å². The van der Waals surface area contributed by atoms with Gasteiger partial charge in [-0.1, -0.05) is 6.07 Å². The number of nitrogens with one attached hydrogen (secondary N) is 1. The van der Waals surface area contributed by atoms with E-state index >= 15 is 0 Å². The molecule has 2 saturated heterocycles. The van der Waals surface area contributed by atoms with Crippen molar-refractivity contribution in [1.29, 1.82) is 0 Å². The van der Waals surface area contributed by atoms with Crippen LogP contribution in [0.2, 0.25) is 0 Å². The lowest BCUT2D eigenvalue weighted by Gasteiger charge is -2.37. The maximum absolute atomic E-state index is 14.9. The Hall–Kier alpha value is -2.71. The third kappa shape index (κ3) is 5.75. The molecule has 0 aliphatic carbocycles. The number of anilines is 2. The van der Waals surface area contributed by atoms with Crippen LogP contribution >= 0.6 is 0 Å². The second-order valence-corrected chi connectivity index (χ2v) is 8.64. The first-order valence-corrected chi connectivity index (χ1v) is 11.2. The largest absolute Gasteiger partial charge is 0.376 e. The first kappa shape index (κ1) is 22.5. The lowest BCUT2D eigenvalue weighted by molar-refractivity contribution is -0.00539. The summed E-state index contributed by atoms with van der Waals surface area (Å²) in [5, 5.41) is 2.85. The molecule has 0 radical (unpaired) electrons. The number of morpholine rings is 1. The van der Waals surface area contributed by atoms with E-state index in [1.807, 2.05) is 30.9 Å². The smallest absolute Gasteiger partial charge is 0.322 e. The number of hydrogen-bond acceptors (Lipinski definition) is 5. The van der Waals surface area contributed by atoms with Gasteiger partial charge in [-0.2, -0.15) is 0 Å². The van der Waals surface area contributed by atoms with Gasteiger partial charge in [0.15, 0.2) is 0 Å². The lowest BCUT2D eigenvalue weighted by Crippen LogP contribution is -2.45. The number of ether oxygens (including phenoxy) is 2. The number of hydrogen-bond donors (Lipinski definition) is 1. The second kappa shape index (κ2) is 10.3. The van der Waals surface area contributed by atoms with Gasteiger partial charge in [0, 0.05) is 50.9 Å². The zero-order valence-corrected chi connectivity index (χ0v) is 18.7. The zero-order valence-electron chi connectivity index (χ0n) is 18.7. The Kier molecular flexibility index (Phi) is 7.22. The highest BCUT2D eigenvalue weighted by atomic mass is 19.1. The van der Waals surface area contributed by atoms with Gasteiger partial charge in [-0.25, -0.2) is 9.18 Å². The Balaban J connectivity index is 1.45. The van der Waals surface area contributed by atoms with E-state index in [2.05, 4.69) is 10.3 Å². The molecule has 2 aliphatic heterocycles. The highest BCUT2D eigenvalue weighted by molar-refractivity contribution is 5.89. The SMILES string of the molecule is C[C@@H]1CN(c2ccc(NC(=O)N(Cc3cccnc3)C[C@H]3CCCO3)cc2F)C[C@@H](C)O1. The van der Waals surface area contributed by atoms with Crippen LogP contribution in [0.3, 0.4) is 0 Å². The Bertz CT molecular complexity index is 897. The summed E-state index contributed by atoms with van der Waals surface area (Å²) in [6.45, 7) is 6.84. The minimum absolute atomic E-state index is 0.0156. The van der Waals surface area contributed by atoms with Crippen molar-refractivity contribution < 1.29 is 18.7 Å². The zero-order chi connectivity index (χ0) is 22.5. The van der Waals surface area contributed by atoms with Crippen molar-refractivity contribution in [3.8, 4) is 0 Å². The van der Waals surface area contributed by atoms with Gasteiger partial charge in [-0.15, -0.1) is 0 Å². The molecule has 2 fully saturated rings. The van der Waals surface area contributed by atoms with E-state index in [4.69, 9.17) is 9.47 Å². The number of pyridine rings is 1. The van der Waals surface area contributed by atoms with E-state index in [-0.39, 0.29) is 30.2 Å². The van der Waals surface area contributed by atoms with Gasteiger partial charge in [0.25, 0.3) is 0 Å². The predicted octanol–water partition coefficient (Wildman–Crippen LogP) is 4.05. The van der Waals surface area contributed by atoms with E-state index < -0.39 is 0 Å². The average molecular weight is 443 g/mol. The molecule has 0 spiro atoms. The van der Waals surface area contributed by atoms with E-state index in [1.165, 1.54) is 6.07 Å². The maximum Gasteiger partial charge on any atom is 0.322 e. The van der Waals surface area contributed by atoms with E-state index in [0.717, 1.165) is 25.0 Å². The number of benzene rings is 1. The molecule has 1 N–H and O–H groups in total. The molecule has 3 atom stereocenters. The minimum atomic E-state index is -0.359. The van der Waals surface area contributed by atoms with Crippen molar-refractivity contribution in [3.63, 3.8) is 0 Å². The summed E-state index contributed by atoms with van der Waals surface area (Å²) in [5.74, 6) is -0.359. The Morgan fingerprint density at radius 1 is 1.28 bits per heavy atom. The fourth-order valence-corrected chi connectivity index (χ4v) is 4.38. The summed E-state index contributed by atoms with van der Waals surface area (Å²) in [6.07, 6.45) is 5.47. The number of urea groups is 1. The van der Waals surface area contributed by atoms with Gasteiger partial charge in [0.1, 0.15) is 5.82 Å². The molecule has 8 heteroatoms. The molecular formula is C24H31FN4O3. The van der Waals surface area contributed by atoms with Crippen molar-refractivity contribution in [2.45, 2.75) is 51.5 Å². The van der Waals surface area contributed by atoms with Crippen LogP contribution in [0.1, 0.15) is 32.3 Å². The highest BCUT2D eigenvalue weighted by Crippen LogP contribution is 2.26. The molecule has 2 amide bonds. The summed E-state index contributed by atoms with van der Waals surface area (Å²) >= 11 is 0. The van der Waals surface area contributed by atoms with Crippen LogP contribution in [0.5, 0.6) is 0 Å². The first-order valence-electron chi connectivity index (χ1n) is 11.2. The third-order valence-electron chi connectivity index (χ3n) is 5.79. The number of amides is 2. The number of carbonyl (C=O) groups is 1. The van der Waals surface area contributed by atoms with Crippen molar-refractivity contribution in [2.24, 2.45) is 0 Å². The number of nitrogens with zero attached hydrogens (tertiary/aromatic N) is 3. The molecular weight excluding hydrogens is 411 g/mol. The molecule has 2 aliphatic rings. The number of aromatic nitrogens is 1. The van der Waals surface area contributed by atoms with Crippen LogP contribution in [0, 0.1) is 5.82 Å². The molecule has 0 saturated carbocycles. The van der Waals surface area contributed by atoms with E-state index in [9.17, 15) is 9.18 Å². The Morgan fingerprint density at radius 2 is 2.09 bits per heavy atom. The van der Waals surface area contributed by atoms with Gasteiger partial charge in [-0.3, -0.25) is 4.98 Å². The lowest BCUT2D eigenvalue weighted by atomic mass is 10.2. The van der Waals surface area contributed by atoms with Crippen LogP contribution < -0.4 is 10.2 Å². The maximum atomic E-state index is 14.9. The average Bonchev–Trinajstić information content (AvgIpc) is 3.26. The molecule has 7 nitrogen and oxygen atoms in total. The van der Waals surface area contributed by atoms with Crippen LogP contribution in [0.4, 0.5) is 20.6 Å². The topological polar surface area (TPSA) is 66.9 Å². The van der Waals surface area contributed by atoms with Gasteiger partial charge < -0.3 is 24.6 Å². The molecule has 2 aromatic rings. The minimum Gasteiger partial charge on any atom is -0.376 e. The predicted molar refractivity (Wildman–Crippen MR) is 121 cm³/mol. The molecule has 0 bridgehead atoms. The summed E-state index contributed by atoms with van der Waals surface area (Å²) in [5.41, 5.74) is 1.88. The van der Waals surface area contributed by atoms with Gasteiger partial charge in [0.05, 0.1) is 24.0 Å². The van der Waals surface area contributed by atoms with E-state index in [1.54, 1.807) is 29.4 Å². The molecule has 1 aromatic heterocycles. The Labute approximate surface area is 188 Å². The normalized spacial score (nSPS) is 23.2. The molecule has 32 heavy (non-hydrogen) atoms. The van der Waals surface area contributed by atoms with Gasteiger partial charge in [0.2, 0.25) is 0 Å². The van der Waals surface area contributed by atoms with E-state index in [0.29, 0.717) is 37.6 Å². The quantitative estimate of drug-likeness (QED) is 0.731. The molecule has 0 unspecified atom stereocenters. The van der Waals surface area contributed by atoms with Crippen molar-refractivity contribution in [3.05, 3.63) is 54.1 Å². The van der Waals surface area contributed by atoms with Crippen LogP contribution in [0.25, 0.3) is 0 Å². The van der Waals surface area contributed by atoms with Crippen LogP contribution in [0.15, 0.2) is 42.7 Å². The third-order valence-corrected chi connectivity index (χ3v) is 5.79.